The molecule has 1 aliphatic heterocycles. The van der Waals surface area contributed by atoms with Crippen LogP contribution in [0.25, 0.3) is 0 Å². The minimum atomic E-state index is -3.85. The number of rotatable bonds is 3. The average Bonchev–Trinajstić information content (AvgIpc) is 2.54. The molecule has 2 aromatic carbocycles. The average molecular weight is 388 g/mol. The number of halogens is 2. The molecule has 8 heteroatoms. The third-order valence-corrected chi connectivity index (χ3v) is 7.41. The largest absolute Gasteiger partial charge is 0.268 e. The maximum Gasteiger partial charge on any atom is 0.239 e. The lowest BCUT2D eigenvalue weighted by Gasteiger charge is -2.33. The standard InChI is InChI=1S/C16H15ClFNO3S2/c1-11-9-19(15-4-2-3-5-16(15)23(11)20)24(21,22)10-12-8-13(17)6-7-14(12)18/h2-8,11H,9-10H2,1H3/t11-,23+/m1/s1. The quantitative estimate of drug-likeness (QED) is 0.811. The zero-order chi connectivity index (χ0) is 17.5. The zero-order valence-electron chi connectivity index (χ0n) is 12.8. The SMILES string of the molecule is C[C@@H]1CN(S(=O)(=O)Cc2cc(Cl)ccc2F)c2ccccc2[S@]1=O. The molecule has 0 unspecified atom stereocenters. The number of sulfonamides is 1. The van der Waals surface area contributed by atoms with Gasteiger partial charge in [-0.15, -0.1) is 0 Å². The number of hydrogen-bond acceptors (Lipinski definition) is 3. The first kappa shape index (κ1) is 17.4. The summed E-state index contributed by atoms with van der Waals surface area (Å²) in [6.07, 6.45) is 0. The Morgan fingerprint density at radius 2 is 2.00 bits per heavy atom. The van der Waals surface area contributed by atoms with Crippen LogP contribution in [-0.2, 0) is 26.6 Å². The summed E-state index contributed by atoms with van der Waals surface area (Å²) in [5.74, 6) is -1.13. The van der Waals surface area contributed by atoms with Gasteiger partial charge in [-0.3, -0.25) is 8.51 Å². The monoisotopic (exact) mass is 387 g/mol. The van der Waals surface area contributed by atoms with E-state index in [1.54, 1.807) is 31.2 Å². The molecule has 2 atom stereocenters. The third kappa shape index (κ3) is 3.20. The fourth-order valence-corrected chi connectivity index (χ4v) is 5.98. The molecule has 3 rings (SSSR count). The lowest BCUT2D eigenvalue weighted by Crippen LogP contribution is -2.42. The van der Waals surface area contributed by atoms with Crippen molar-refractivity contribution in [2.75, 3.05) is 10.8 Å². The summed E-state index contributed by atoms with van der Waals surface area (Å²) < 4.78 is 53.2. The van der Waals surface area contributed by atoms with E-state index in [2.05, 4.69) is 0 Å². The number of para-hydroxylation sites is 1. The molecule has 0 spiro atoms. The van der Waals surface area contributed by atoms with Crippen LogP contribution in [0.15, 0.2) is 47.4 Å². The van der Waals surface area contributed by atoms with Gasteiger partial charge < -0.3 is 0 Å². The summed E-state index contributed by atoms with van der Waals surface area (Å²) in [6, 6.07) is 10.5. The maximum absolute atomic E-state index is 13.9. The molecule has 0 aromatic heterocycles. The Morgan fingerprint density at radius 1 is 1.29 bits per heavy atom. The molecule has 24 heavy (non-hydrogen) atoms. The highest BCUT2D eigenvalue weighted by molar-refractivity contribution is 7.92. The summed E-state index contributed by atoms with van der Waals surface area (Å²) in [5, 5.41) is -0.0750. The lowest BCUT2D eigenvalue weighted by atomic mass is 10.2. The molecule has 0 saturated carbocycles. The minimum absolute atomic E-state index is 0.0133. The van der Waals surface area contributed by atoms with Crippen LogP contribution in [0, 0.1) is 5.82 Å². The number of anilines is 1. The summed E-state index contributed by atoms with van der Waals surface area (Å²) in [7, 11) is -5.12. The Bertz CT molecular complexity index is 917. The van der Waals surface area contributed by atoms with E-state index in [1.807, 2.05) is 0 Å². The van der Waals surface area contributed by atoms with Crippen LogP contribution < -0.4 is 4.31 Å². The molecule has 0 radical (unpaired) electrons. The van der Waals surface area contributed by atoms with Gasteiger partial charge in [0, 0.05) is 17.1 Å². The molecular formula is C16H15ClFNO3S2. The van der Waals surface area contributed by atoms with Gasteiger partial charge in [-0.1, -0.05) is 23.7 Å². The van der Waals surface area contributed by atoms with E-state index < -0.39 is 32.4 Å². The summed E-state index contributed by atoms with van der Waals surface area (Å²) >= 11 is 5.84. The van der Waals surface area contributed by atoms with Gasteiger partial charge >= 0.3 is 0 Å². The van der Waals surface area contributed by atoms with Gasteiger partial charge in [0.1, 0.15) is 5.82 Å². The molecule has 0 fully saturated rings. The van der Waals surface area contributed by atoms with Gasteiger partial charge in [0.25, 0.3) is 0 Å². The van der Waals surface area contributed by atoms with Crippen molar-refractivity contribution in [3.8, 4) is 0 Å². The first-order valence-corrected chi connectivity index (χ1v) is 10.4. The highest BCUT2D eigenvalue weighted by atomic mass is 35.5. The highest BCUT2D eigenvalue weighted by Gasteiger charge is 2.34. The van der Waals surface area contributed by atoms with Crippen LogP contribution in [0.5, 0.6) is 0 Å². The van der Waals surface area contributed by atoms with Crippen LogP contribution in [0.2, 0.25) is 5.02 Å². The molecule has 1 aliphatic rings. The van der Waals surface area contributed by atoms with Gasteiger partial charge in [0.05, 0.1) is 32.4 Å². The van der Waals surface area contributed by atoms with Crippen molar-refractivity contribution >= 4 is 38.1 Å². The zero-order valence-corrected chi connectivity index (χ0v) is 15.2. The van der Waals surface area contributed by atoms with Gasteiger partial charge in [-0.25, -0.2) is 12.8 Å². The molecule has 0 N–H and O–H groups in total. The smallest absolute Gasteiger partial charge is 0.239 e. The van der Waals surface area contributed by atoms with Crippen molar-refractivity contribution in [1.82, 2.24) is 0 Å². The van der Waals surface area contributed by atoms with Crippen molar-refractivity contribution in [3.63, 3.8) is 0 Å². The van der Waals surface area contributed by atoms with E-state index in [0.717, 1.165) is 6.07 Å². The van der Waals surface area contributed by atoms with E-state index in [4.69, 9.17) is 11.6 Å². The minimum Gasteiger partial charge on any atom is -0.268 e. The van der Waals surface area contributed by atoms with Gasteiger partial charge in [-0.2, -0.15) is 0 Å². The maximum atomic E-state index is 13.9. The summed E-state index contributed by atoms with van der Waals surface area (Å²) in [6.45, 7) is 1.82. The fraction of sp³-hybridized carbons (Fsp3) is 0.250. The molecule has 2 aromatic rings. The first-order chi connectivity index (χ1) is 11.3. The molecule has 128 valence electrons. The van der Waals surface area contributed by atoms with Crippen LogP contribution in [-0.4, -0.2) is 24.4 Å². The Morgan fingerprint density at radius 3 is 2.75 bits per heavy atom. The Kier molecular flexibility index (Phi) is 4.68. The normalized spacial score (nSPS) is 20.7. The van der Waals surface area contributed by atoms with Crippen molar-refractivity contribution in [1.29, 1.82) is 0 Å². The van der Waals surface area contributed by atoms with Crippen molar-refractivity contribution in [2.24, 2.45) is 0 Å². The molecule has 1 heterocycles. The Labute approximate surface area is 147 Å². The van der Waals surface area contributed by atoms with Gasteiger partial charge in [-0.05, 0) is 37.3 Å². The summed E-state index contributed by atoms with van der Waals surface area (Å²) in [4.78, 5) is 0.478. The second kappa shape index (κ2) is 6.46. The highest BCUT2D eigenvalue weighted by Crippen LogP contribution is 2.34. The molecule has 0 aliphatic carbocycles. The number of fused-ring (bicyclic) bond motifs is 1. The van der Waals surface area contributed by atoms with Gasteiger partial charge in [0.2, 0.25) is 10.0 Å². The van der Waals surface area contributed by atoms with E-state index in [0.29, 0.717) is 10.6 Å². The second-order valence-electron chi connectivity index (χ2n) is 5.60. The van der Waals surface area contributed by atoms with Crippen LogP contribution in [0.3, 0.4) is 0 Å². The topological polar surface area (TPSA) is 54.5 Å². The van der Waals surface area contributed by atoms with Crippen molar-refractivity contribution in [3.05, 3.63) is 58.9 Å². The lowest BCUT2D eigenvalue weighted by molar-refractivity contribution is 0.580. The van der Waals surface area contributed by atoms with E-state index in [9.17, 15) is 17.0 Å². The predicted octanol–water partition coefficient (Wildman–Crippen LogP) is 3.33. The first-order valence-electron chi connectivity index (χ1n) is 7.23. The van der Waals surface area contributed by atoms with Crippen molar-refractivity contribution < 1.29 is 17.0 Å². The molecule has 0 amide bonds. The van der Waals surface area contributed by atoms with E-state index >= 15 is 0 Å². The third-order valence-electron chi connectivity index (χ3n) is 3.82. The van der Waals surface area contributed by atoms with Crippen LogP contribution in [0.4, 0.5) is 10.1 Å². The van der Waals surface area contributed by atoms with E-state index in [-0.39, 0.29) is 22.4 Å². The molecule has 0 saturated heterocycles. The number of hydrogen-bond donors (Lipinski definition) is 0. The van der Waals surface area contributed by atoms with Gasteiger partial charge in [0.15, 0.2) is 0 Å². The second-order valence-corrected chi connectivity index (χ2v) is 9.77. The molecule has 4 nitrogen and oxygen atoms in total. The Hall–Kier alpha value is -1.44. The van der Waals surface area contributed by atoms with Crippen LogP contribution in [0.1, 0.15) is 12.5 Å². The Balaban J connectivity index is 2.02. The molecular weight excluding hydrogens is 373 g/mol. The summed E-state index contributed by atoms with van der Waals surface area (Å²) in [5.41, 5.74) is 0.399. The van der Waals surface area contributed by atoms with Crippen LogP contribution >= 0.6 is 11.6 Å². The van der Waals surface area contributed by atoms with Crippen molar-refractivity contribution in [2.45, 2.75) is 22.8 Å². The predicted molar refractivity (Wildman–Crippen MR) is 93.7 cm³/mol. The van der Waals surface area contributed by atoms with E-state index in [1.165, 1.54) is 16.4 Å². The number of nitrogens with zero attached hydrogens (tertiary/aromatic N) is 1. The number of benzene rings is 2. The fourth-order valence-electron chi connectivity index (χ4n) is 2.64. The molecule has 0 bridgehead atoms.